The molecule has 4 nitrogen and oxygen atoms in total. The molecule has 3 rings (SSSR count). The Bertz CT molecular complexity index is 476. The zero-order valence-electron chi connectivity index (χ0n) is 12.1. The summed E-state index contributed by atoms with van der Waals surface area (Å²) in [6, 6.07) is 0.213. The van der Waals surface area contributed by atoms with Gasteiger partial charge >= 0.3 is 0 Å². The third-order valence-corrected chi connectivity index (χ3v) is 5.60. The fourth-order valence-electron chi connectivity index (χ4n) is 3.31. The average molecular weight is 293 g/mol. The van der Waals surface area contributed by atoms with Crippen LogP contribution in [0.25, 0.3) is 0 Å². The van der Waals surface area contributed by atoms with Crippen LogP contribution in [0.2, 0.25) is 0 Å². The zero-order valence-corrected chi connectivity index (χ0v) is 12.9. The zero-order chi connectivity index (χ0) is 14.1. The Morgan fingerprint density at radius 2 is 2.20 bits per heavy atom. The van der Waals surface area contributed by atoms with Crippen molar-refractivity contribution in [2.75, 3.05) is 7.05 Å². The second-order valence-corrected chi connectivity index (χ2v) is 7.32. The van der Waals surface area contributed by atoms with Crippen molar-refractivity contribution in [2.24, 2.45) is 11.7 Å². The van der Waals surface area contributed by atoms with Gasteiger partial charge in [0.2, 0.25) is 5.91 Å². The van der Waals surface area contributed by atoms with E-state index < -0.39 is 0 Å². The third kappa shape index (κ3) is 2.88. The Morgan fingerprint density at radius 1 is 1.40 bits per heavy atom. The van der Waals surface area contributed by atoms with Crippen LogP contribution in [0.3, 0.4) is 0 Å². The van der Waals surface area contributed by atoms with E-state index in [4.69, 9.17) is 10.7 Å². The summed E-state index contributed by atoms with van der Waals surface area (Å²) in [7, 11) is 1.90. The van der Waals surface area contributed by atoms with Gasteiger partial charge in [0.1, 0.15) is 5.01 Å². The van der Waals surface area contributed by atoms with Gasteiger partial charge in [-0.05, 0) is 44.9 Å². The van der Waals surface area contributed by atoms with E-state index in [9.17, 15) is 4.79 Å². The van der Waals surface area contributed by atoms with Crippen LogP contribution in [0.1, 0.15) is 47.7 Å². The maximum atomic E-state index is 12.4. The van der Waals surface area contributed by atoms with Gasteiger partial charge < -0.3 is 10.6 Å². The van der Waals surface area contributed by atoms with Crippen molar-refractivity contribution in [1.82, 2.24) is 9.88 Å². The lowest BCUT2D eigenvalue weighted by molar-refractivity contribution is -0.134. The van der Waals surface area contributed by atoms with Crippen LogP contribution in [0.5, 0.6) is 0 Å². The van der Waals surface area contributed by atoms with Crippen LogP contribution < -0.4 is 5.73 Å². The number of rotatable bonds is 3. The monoisotopic (exact) mass is 293 g/mol. The van der Waals surface area contributed by atoms with Crippen LogP contribution >= 0.6 is 11.3 Å². The summed E-state index contributed by atoms with van der Waals surface area (Å²) >= 11 is 1.79. The molecular weight excluding hydrogens is 270 g/mol. The van der Waals surface area contributed by atoms with Gasteiger partial charge in [-0.1, -0.05) is 0 Å². The Labute approximate surface area is 124 Å². The summed E-state index contributed by atoms with van der Waals surface area (Å²) < 4.78 is 0. The lowest BCUT2D eigenvalue weighted by atomic mass is 10.0. The summed E-state index contributed by atoms with van der Waals surface area (Å²) in [5, 5.41) is 1.09. The molecule has 1 aromatic heterocycles. The highest BCUT2D eigenvalue weighted by molar-refractivity contribution is 7.11. The van der Waals surface area contributed by atoms with E-state index in [1.165, 1.54) is 29.8 Å². The first-order valence-electron chi connectivity index (χ1n) is 7.61. The second kappa shape index (κ2) is 5.82. The van der Waals surface area contributed by atoms with Gasteiger partial charge in [-0.15, -0.1) is 11.3 Å². The molecule has 1 amide bonds. The molecule has 2 aliphatic rings. The van der Waals surface area contributed by atoms with Crippen LogP contribution in [-0.2, 0) is 24.2 Å². The average Bonchev–Trinajstić information content (AvgIpc) is 3.03. The number of aryl methyl sites for hydroxylation is 2. The summed E-state index contributed by atoms with van der Waals surface area (Å²) in [5.74, 6) is 0.371. The molecule has 0 aliphatic heterocycles. The molecule has 2 aliphatic carbocycles. The highest BCUT2D eigenvalue weighted by Crippen LogP contribution is 2.29. The molecule has 110 valence electrons. The van der Waals surface area contributed by atoms with E-state index in [1.807, 2.05) is 11.9 Å². The van der Waals surface area contributed by atoms with Crippen LogP contribution in [0, 0.1) is 5.92 Å². The molecule has 20 heavy (non-hydrogen) atoms. The Hall–Kier alpha value is -0.940. The number of aromatic nitrogens is 1. The number of nitrogens with two attached hydrogens (primary N) is 1. The molecule has 0 saturated heterocycles. The fourth-order valence-corrected chi connectivity index (χ4v) is 4.52. The molecule has 2 atom stereocenters. The van der Waals surface area contributed by atoms with E-state index in [1.54, 1.807) is 11.3 Å². The Morgan fingerprint density at radius 3 is 2.90 bits per heavy atom. The van der Waals surface area contributed by atoms with Crippen LogP contribution in [0.4, 0.5) is 0 Å². The lowest BCUT2D eigenvalue weighted by Gasteiger charge is -2.19. The molecular formula is C15H23N3OS. The number of amides is 1. The number of nitrogens with zero attached hydrogens (tertiary/aromatic N) is 2. The van der Waals surface area contributed by atoms with Gasteiger partial charge in [0.15, 0.2) is 0 Å². The number of fused-ring (bicyclic) bond motifs is 1. The minimum atomic E-state index is 0.129. The Balaban J connectivity index is 1.62. The first-order valence-corrected chi connectivity index (χ1v) is 8.43. The predicted octanol–water partition coefficient (Wildman–Crippen LogP) is 2.11. The molecule has 0 bridgehead atoms. The molecule has 0 radical (unpaired) electrons. The van der Waals surface area contributed by atoms with Crippen LogP contribution in [0.15, 0.2) is 0 Å². The smallest absolute Gasteiger partial charge is 0.225 e. The van der Waals surface area contributed by atoms with Crippen molar-refractivity contribution in [3.05, 3.63) is 15.6 Å². The molecule has 2 N–H and O–H groups in total. The maximum Gasteiger partial charge on any atom is 0.225 e. The van der Waals surface area contributed by atoms with Crippen molar-refractivity contribution >= 4 is 17.2 Å². The summed E-state index contributed by atoms with van der Waals surface area (Å²) in [6.07, 6.45) is 7.59. The van der Waals surface area contributed by atoms with E-state index in [2.05, 4.69) is 0 Å². The van der Waals surface area contributed by atoms with Gasteiger partial charge in [0, 0.05) is 23.9 Å². The van der Waals surface area contributed by atoms with Gasteiger partial charge in [-0.3, -0.25) is 4.79 Å². The molecule has 0 aromatic carbocycles. The molecule has 5 heteroatoms. The number of hydrogen-bond donors (Lipinski definition) is 1. The number of carbonyl (C=O) groups excluding carboxylic acids is 1. The number of thiazole rings is 1. The van der Waals surface area contributed by atoms with E-state index in [0.29, 0.717) is 6.54 Å². The maximum absolute atomic E-state index is 12.4. The summed E-state index contributed by atoms with van der Waals surface area (Å²) in [4.78, 5) is 20.4. The van der Waals surface area contributed by atoms with Crippen molar-refractivity contribution in [2.45, 2.75) is 57.5 Å². The van der Waals surface area contributed by atoms with Gasteiger partial charge in [0.25, 0.3) is 0 Å². The molecule has 1 fully saturated rings. The summed E-state index contributed by atoms with van der Waals surface area (Å²) in [6.45, 7) is 0.655. The molecule has 2 unspecified atom stereocenters. The molecule has 1 aromatic rings. The van der Waals surface area contributed by atoms with Crippen LogP contribution in [-0.4, -0.2) is 28.9 Å². The minimum Gasteiger partial charge on any atom is -0.339 e. The van der Waals surface area contributed by atoms with Gasteiger partial charge in [-0.2, -0.15) is 0 Å². The summed E-state index contributed by atoms with van der Waals surface area (Å²) in [5.41, 5.74) is 7.18. The molecule has 0 spiro atoms. The minimum absolute atomic E-state index is 0.129. The number of hydrogen-bond acceptors (Lipinski definition) is 4. The first kappa shape index (κ1) is 14.0. The lowest BCUT2D eigenvalue weighted by Crippen LogP contribution is -2.32. The highest BCUT2D eigenvalue weighted by atomic mass is 32.1. The highest BCUT2D eigenvalue weighted by Gasteiger charge is 2.30. The van der Waals surface area contributed by atoms with Crippen molar-refractivity contribution < 1.29 is 4.79 Å². The first-order chi connectivity index (χ1) is 9.63. The van der Waals surface area contributed by atoms with Crippen molar-refractivity contribution in [3.63, 3.8) is 0 Å². The van der Waals surface area contributed by atoms with E-state index >= 15 is 0 Å². The van der Waals surface area contributed by atoms with Gasteiger partial charge in [-0.25, -0.2) is 4.98 Å². The van der Waals surface area contributed by atoms with Gasteiger partial charge in [0.05, 0.1) is 12.2 Å². The van der Waals surface area contributed by atoms with E-state index in [-0.39, 0.29) is 17.9 Å². The largest absolute Gasteiger partial charge is 0.339 e. The quantitative estimate of drug-likeness (QED) is 0.928. The molecule has 1 heterocycles. The van der Waals surface area contributed by atoms with Crippen molar-refractivity contribution in [1.29, 1.82) is 0 Å². The third-order valence-electron chi connectivity index (χ3n) is 4.46. The Kier molecular flexibility index (Phi) is 4.08. The fraction of sp³-hybridized carbons (Fsp3) is 0.733. The van der Waals surface area contributed by atoms with Crippen molar-refractivity contribution in [3.8, 4) is 0 Å². The standard InChI is InChI=1S/C15H23N3OS/c1-18(15(19)10-6-7-11(16)8-10)9-14-17-12-4-2-3-5-13(12)20-14/h10-11H,2-9,16H2,1H3. The normalized spacial score (nSPS) is 25.5. The topological polar surface area (TPSA) is 59.2 Å². The number of carbonyl (C=O) groups is 1. The van der Waals surface area contributed by atoms with E-state index in [0.717, 1.165) is 30.7 Å². The SMILES string of the molecule is CN(Cc1nc2c(s1)CCCC2)C(=O)C1CCC(N)C1. The second-order valence-electron chi connectivity index (χ2n) is 6.15. The molecule has 1 saturated carbocycles. The predicted molar refractivity (Wildman–Crippen MR) is 80.5 cm³/mol.